The summed E-state index contributed by atoms with van der Waals surface area (Å²) in [5, 5.41) is 9.72. The molecular formula is C15H24O. The quantitative estimate of drug-likeness (QED) is 0.670. The maximum Gasteiger partial charge on any atom is 0.0746 e. The zero-order chi connectivity index (χ0) is 11.9. The van der Waals surface area contributed by atoms with Crippen LogP contribution in [0.15, 0.2) is 23.8 Å². The second-order valence-electron chi connectivity index (χ2n) is 6.20. The van der Waals surface area contributed by atoms with E-state index in [1.807, 2.05) is 6.08 Å². The normalized spacial score (nSPS) is 42.2. The van der Waals surface area contributed by atoms with Crippen LogP contribution in [0.5, 0.6) is 0 Å². The van der Waals surface area contributed by atoms with E-state index in [1.54, 1.807) is 0 Å². The van der Waals surface area contributed by atoms with Crippen LogP contribution >= 0.6 is 0 Å². The summed E-state index contributed by atoms with van der Waals surface area (Å²) in [4.78, 5) is 0. The van der Waals surface area contributed by atoms with E-state index < -0.39 is 0 Å². The van der Waals surface area contributed by atoms with Gasteiger partial charge in [0.1, 0.15) is 0 Å². The molecular weight excluding hydrogens is 196 g/mol. The van der Waals surface area contributed by atoms with Gasteiger partial charge >= 0.3 is 0 Å². The minimum absolute atomic E-state index is 0.227. The molecule has 1 N–H and O–H groups in total. The number of hydrogen-bond acceptors (Lipinski definition) is 1. The molecule has 2 aliphatic rings. The van der Waals surface area contributed by atoms with Gasteiger partial charge in [0.05, 0.1) is 6.10 Å². The molecule has 0 unspecified atom stereocenters. The Kier molecular flexibility index (Phi) is 3.00. The molecule has 2 rings (SSSR count). The van der Waals surface area contributed by atoms with Gasteiger partial charge in [0.15, 0.2) is 0 Å². The minimum Gasteiger partial charge on any atom is -0.389 e. The van der Waals surface area contributed by atoms with Gasteiger partial charge < -0.3 is 5.11 Å². The molecule has 16 heavy (non-hydrogen) atoms. The van der Waals surface area contributed by atoms with E-state index in [-0.39, 0.29) is 6.10 Å². The second kappa shape index (κ2) is 4.03. The Morgan fingerprint density at radius 2 is 2.00 bits per heavy atom. The molecule has 1 nitrogen and oxygen atoms in total. The number of aliphatic hydroxyl groups is 1. The van der Waals surface area contributed by atoms with E-state index in [4.69, 9.17) is 0 Å². The van der Waals surface area contributed by atoms with Gasteiger partial charge in [-0.1, -0.05) is 44.6 Å². The third-order valence-corrected chi connectivity index (χ3v) is 4.92. The Morgan fingerprint density at radius 1 is 1.31 bits per heavy atom. The smallest absolute Gasteiger partial charge is 0.0746 e. The molecule has 0 aromatic carbocycles. The monoisotopic (exact) mass is 220 g/mol. The topological polar surface area (TPSA) is 20.2 Å². The third-order valence-electron chi connectivity index (χ3n) is 4.92. The molecule has 0 aliphatic heterocycles. The maximum absolute atomic E-state index is 9.72. The van der Waals surface area contributed by atoms with Crippen molar-refractivity contribution in [3.05, 3.63) is 23.8 Å². The van der Waals surface area contributed by atoms with Crippen molar-refractivity contribution in [3.63, 3.8) is 0 Å². The van der Waals surface area contributed by atoms with Gasteiger partial charge in [-0.2, -0.15) is 0 Å². The maximum atomic E-state index is 9.72. The summed E-state index contributed by atoms with van der Waals surface area (Å²) in [6.07, 6.45) is 8.76. The summed E-state index contributed by atoms with van der Waals surface area (Å²) in [5.74, 6) is 1.77. The highest BCUT2D eigenvalue weighted by atomic mass is 16.3. The van der Waals surface area contributed by atoms with E-state index >= 15 is 0 Å². The van der Waals surface area contributed by atoms with Crippen molar-refractivity contribution in [1.82, 2.24) is 0 Å². The van der Waals surface area contributed by atoms with Crippen LogP contribution in [0.4, 0.5) is 0 Å². The van der Waals surface area contributed by atoms with Crippen molar-refractivity contribution in [1.29, 1.82) is 0 Å². The van der Waals surface area contributed by atoms with Gasteiger partial charge in [0.25, 0.3) is 0 Å². The van der Waals surface area contributed by atoms with Gasteiger partial charge in [-0.15, -0.1) is 0 Å². The van der Waals surface area contributed by atoms with Crippen LogP contribution in [0.1, 0.15) is 40.5 Å². The Balaban J connectivity index is 2.14. The summed E-state index contributed by atoms with van der Waals surface area (Å²) in [5.41, 5.74) is 1.86. The average Bonchev–Trinajstić information content (AvgIpc) is 2.47. The highest BCUT2D eigenvalue weighted by Crippen LogP contribution is 2.49. The standard InChI is InChI=1S/C15H24O/c1-10-9-12(6-8-14(10)16)13-7-5-11(2)15(13,3)4/h5-6,8,10,12-14,16H,7,9H2,1-4H3/t10-,12-,13+,14-/m0/s1. The van der Waals surface area contributed by atoms with Crippen LogP contribution in [0.25, 0.3) is 0 Å². The van der Waals surface area contributed by atoms with Crippen LogP contribution in [0.2, 0.25) is 0 Å². The number of hydrogen-bond donors (Lipinski definition) is 1. The largest absolute Gasteiger partial charge is 0.389 e. The predicted octanol–water partition coefficient (Wildman–Crippen LogP) is 3.55. The van der Waals surface area contributed by atoms with Crippen molar-refractivity contribution in [2.75, 3.05) is 0 Å². The summed E-state index contributed by atoms with van der Waals surface area (Å²) in [7, 11) is 0. The van der Waals surface area contributed by atoms with Crippen LogP contribution in [-0.4, -0.2) is 11.2 Å². The first-order valence-electron chi connectivity index (χ1n) is 6.46. The molecule has 0 aromatic rings. The summed E-state index contributed by atoms with van der Waals surface area (Å²) in [6, 6.07) is 0. The van der Waals surface area contributed by atoms with Gasteiger partial charge in [-0.05, 0) is 42.9 Å². The highest BCUT2D eigenvalue weighted by molar-refractivity contribution is 5.21. The third kappa shape index (κ3) is 1.86. The predicted molar refractivity (Wildman–Crippen MR) is 68.1 cm³/mol. The van der Waals surface area contributed by atoms with Crippen LogP contribution in [0, 0.1) is 23.2 Å². The molecule has 0 fully saturated rings. The molecule has 0 bridgehead atoms. The van der Waals surface area contributed by atoms with Crippen molar-refractivity contribution in [2.24, 2.45) is 23.2 Å². The second-order valence-corrected chi connectivity index (χ2v) is 6.20. The molecule has 0 saturated heterocycles. The van der Waals surface area contributed by atoms with E-state index in [2.05, 4.69) is 39.8 Å². The molecule has 0 amide bonds. The van der Waals surface area contributed by atoms with E-state index in [0.29, 0.717) is 17.3 Å². The summed E-state index contributed by atoms with van der Waals surface area (Å²) >= 11 is 0. The first kappa shape index (κ1) is 11.9. The number of aliphatic hydroxyl groups excluding tert-OH is 1. The van der Waals surface area contributed by atoms with E-state index in [9.17, 15) is 5.11 Å². The van der Waals surface area contributed by atoms with Crippen LogP contribution < -0.4 is 0 Å². The fourth-order valence-corrected chi connectivity index (χ4v) is 3.26. The van der Waals surface area contributed by atoms with E-state index in [1.165, 1.54) is 12.0 Å². The lowest BCUT2D eigenvalue weighted by Crippen LogP contribution is -2.32. The molecule has 0 radical (unpaired) electrons. The average molecular weight is 220 g/mol. The molecule has 0 spiro atoms. The van der Waals surface area contributed by atoms with E-state index in [0.717, 1.165) is 12.3 Å². The molecule has 90 valence electrons. The first-order chi connectivity index (χ1) is 7.43. The van der Waals surface area contributed by atoms with Gasteiger partial charge in [0.2, 0.25) is 0 Å². The van der Waals surface area contributed by atoms with Crippen molar-refractivity contribution in [3.8, 4) is 0 Å². The van der Waals surface area contributed by atoms with Gasteiger partial charge in [0, 0.05) is 0 Å². The molecule has 4 atom stereocenters. The molecule has 0 heterocycles. The Labute approximate surface area is 99.3 Å². The highest BCUT2D eigenvalue weighted by Gasteiger charge is 2.40. The lowest BCUT2D eigenvalue weighted by Gasteiger charge is -2.38. The zero-order valence-corrected chi connectivity index (χ0v) is 10.9. The number of rotatable bonds is 1. The summed E-state index contributed by atoms with van der Waals surface area (Å²) in [6.45, 7) is 9.13. The SMILES string of the molecule is CC1=CC[C@H]([C@H]2C=C[C@H](O)[C@@H](C)C2)C1(C)C. The van der Waals surface area contributed by atoms with Gasteiger partial charge in [-0.3, -0.25) is 0 Å². The zero-order valence-electron chi connectivity index (χ0n) is 10.9. The Hall–Kier alpha value is -0.560. The van der Waals surface area contributed by atoms with Gasteiger partial charge in [-0.25, -0.2) is 0 Å². The Morgan fingerprint density at radius 3 is 2.50 bits per heavy atom. The fraction of sp³-hybridized carbons (Fsp3) is 0.733. The van der Waals surface area contributed by atoms with Crippen molar-refractivity contribution in [2.45, 2.75) is 46.6 Å². The molecule has 0 aromatic heterocycles. The minimum atomic E-state index is -0.227. The lowest BCUT2D eigenvalue weighted by atomic mass is 9.67. The first-order valence-corrected chi connectivity index (χ1v) is 6.46. The summed E-state index contributed by atoms with van der Waals surface area (Å²) < 4.78 is 0. The fourth-order valence-electron chi connectivity index (χ4n) is 3.26. The number of allylic oxidation sites excluding steroid dienone is 3. The van der Waals surface area contributed by atoms with Crippen LogP contribution in [0.3, 0.4) is 0 Å². The Bertz CT molecular complexity index is 324. The van der Waals surface area contributed by atoms with Crippen molar-refractivity contribution < 1.29 is 5.11 Å². The molecule has 2 aliphatic carbocycles. The van der Waals surface area contributed by atoms with Crippen molar-refractivity contribution >= 4 is 0 Å². The lowest BCUT2D eigenvalue weighted by molar-refractivity contribution is 0.112. The van der Waals surface area contributed by atoms with Crippen LogP contribution in [-0.2, 0) is 0 Å². The molecule has 1 heteroatoms. The molecule has 0 saturated carbocycles.